The molecule has 1 fully saturated rings. The van der Waals surface area contributed by atoms with Crippen molar-refractivity contribution in [1.82, 2.24) is 0 Å². The first-order chi connectivity index (χ1) is 12.0. The van der Waals surface area contributed by atoms with Gasteiger partial charge >= 0.3 is 6.16 Å². The molecule has 132 valence electrons. The third kappa shape index (κ3) is 3.90. The number of methoxy groups -OCH3 is 1. The Labute approximate surface area is 144 Å². The highest BCUT2D eigenvalue weighted by Gasteiger charge is 2.28. The molecule has 0 N–H and O–H groups in total. The van der Waals surface area contributed by atoms with Gasteiger partial charge in [-0.05, 0) is 48.9 Å². The number of carbonyl (C=O) groups is 1. The van der Waals surface area contributed by atoms with E-state index in [0.717, 1.165) is 30.5 Å². The second-order valence-corrected chi connectivity index (χ2v) is 5.97. The van der Waals surface area contributed by atoms with Crippen molar-refractivity contribution in [3.63, 3.8) is 0 Å². The molecule has 1 aliphatic carbocycles. The summed E-state index contributed by atoms with van der Waals surface area (Å²) in [5.41, 5.74) is 1.82. The standard InChI is InChI=1S/C19H18F2O4/c1-11-8-16(21)18(9-15(11)20)24-10-14-13(12-6-7-12)4-3-5-17(14)25-19(22)23-2/h3-5,8-9,12H,6-7,10H2,1-2H3. The van der Waals surface area contributed by atoms with Crippen molar-refractivity contribution in [3.05, 3.63) is 58.7 Å². The van der Waals surface area contributed by atoms with Crippen LogP contribution in [-0.4, -0.2) is 13.3 Å². The van der Waals surface area contributed by atoms with Gasteiger partial charge in [-0.3, -0.25) is 0 Å². The number of hydrogen-bond donors (Lipinski definition) is 0. The molecule has 0 amide bonds. The lowest BCUT2D eigenvalue weighted by Gasteiger charge is -2.15. The zero-order chi connectivity index (χ0) is 18.0. The first-order valence-electron chi connectivity index (χ1n) is 7.95. The highest BCUT2D eigenvalue weighted by Crippen LogP contribution is 2.44. The fraction of sp³-hybridized carbons (Fsp3) is 0.316. The van der Waals surface area contributed by atoms with Crippen LogP contribution < -0.4 is 9.47 Å². The molecule has 4 nitrogen and oxygen atoms in total. The van der Waals surface area contributed by atoms with Crippen LogP contribution in [0.25, 0.3) is 0 Å². The first-order valence-corrected chi connectivity index (χ1v) is 7.95. The van der Waals surface area contributed by atoms with Crippen LogP contribution in [0.2, 0.25) is 0 Å². The van der Waals surface area contributed by atoms with E-state index in [1.165, 1.54) is 14.0 Å². The van der Waals surface area contributed by atoms with E-state index in [1.807, 2.05) is 6.07 Å². The minimum Gasteiger partial charge on any atom is -0.486 e. The number of hydrogen-bond acceptors (Lipinski definition) is 4. The average molecular weight is 348 g/mol. The molecule has 6 heteroatoms. The minimum absolute atomic E-state index is 0.0432. The summed E-state index contributed by atoms with van der Waals surface area (Å²) < 4.78 is 42.8. The molecule has 0 aromatic heterocycles. The average Bonchev–Trinajstić information content (AvgIpc) is 3.42. The molecule has 1 saturated carbocycles. The highest BCUT2D eigenvalue weighted by atomic mass is 19.1. The third-order valence-corrected chi connectivity index (χ3v) is 4.13. The zero-order valence-electron chi connectivity index (χ0n) is 14.0. The molecule has 0 bridgehead atoms. The van der Waals surface area contributed by atoms with Gasteiger partial charge in [-0.25, -0.2) is 13.6 Å². The predicted molar refractivity (Wildman–Crippen MR) is 86.9 cm³/mol. The van der Waals surface area contributed by atoms with Gasteiger partial charge in [-0.2, -0.15) is 0 Å². The van der Waals surface area contributed by atoms with Gasteiger partial charge in [0, 0.05) is 11.6 Å². The van der Waals surface area contributed by atoms with E-state index < -0.39 is 17.8 Å². The van der Waals surface area contributed by atoms with Crippen molar-refractivity contribution in [1.29, 1.82) is 0 Å². The molecular formula is C19H18F2O4. The fourth-order valence-corrected chi connectivity index (χ4v) is 2.63. The van der Waals surface area contributed by atoms with Crippen LogP contribution in [0.1, 0.15) is 35.4 Å². The summed E-state index contributed by atoms with van der Waals surface area (Å²) >= 11 is 0. The summed E-state index contributed by atoms with van der Waals surface area (Å²) in [6.07, 6.45) is 1.21. The Morgan fingerprint density at radius 3 is 2.60 bits per heavy atom. The van der Waals surface area contributed by atoms with Crippen LogP contribution in [0, 0.1) is 18.6 Å². The monoisotopic (exact) mass is 348 g/mol. The van der Waals surface area contributed by atoms with Crippen LogP contribution in [0.4, 0.5) is 13.6 Å². The SMILES string of the molecule is COC(=O)Oc1cccc(C2CC2)c1COc1cc(F)c(C)cc1F. The van der Waals surface area contributed by atoms with Crippen LogP contribution in [0.15, 0.2) is 30.3 Å². The molecule has 0 saturated heterocycles. The molecule has 2 aromatic rings. The van der Waals surface area contributed by atoms with Crippen molar-refractivity contribution in [2.45, 2.75) is 32.3 Å². The number of rotatable bonds is 5. The molecule has 0 radical (unpaired) electrons. The Bertz CT molecular complexity index is 800. The maximum atomic E-state index is 14.0. The van der Waals surface area contributed by atoms with Gasteiger partial charge in [0.1, 0.15) is 18.2 Å². The maximum Gasteiger partial charge on any atom is 0.513 e. The smallest absolute Gasteiger partial charge is 0.486 e. The molecular weight excluding hydrogens is 330 g/mol. The van der Waals surface area contributed by atoms with Gasteiger partial charge in [0.15, 0.2) is 11.6 Å². The summed E-state index contributed by atoms with van der Waals surface area (Å²) in [5, 5.41) is 0. The number of benzene rings is 2. The summed E-state index contributed by atoms with van der Waals surface area (Å²) in [4.78, 5) is 11.4. The molecule has 25 heavy (non-hydrogen) atoms. The molecule has 1 aliphatic rings. The molecule has 0 aliphatic heterocycles. The Balaban J connectivity index is 1.88. The van der Waals surface area contributed by atoms with Crippen molar-refractivity contribution >= 4 is 6.16 Å². The molecule has 3 rings (SSSR count). The highest BCUT2D eigenvalue weighted by molar-refractivity contribution is 5.65. The van der Waals surface area contributed by atoms with Crippen molar-refractivity contribution in [3.8, 4) is 11.5 Å². The third-order valence-electron chi connectivity index (χ3n) is 4.13. The van der Waals surface area contributed by atoms with Crippen LogP contribution >= 0.6 is 0 Å². The number of ether oxygens (including phenoxy) is 3. The van der Waals surface area contributed by atoms with E-state index in [4.69, 9.17) is 9.47 Å². The van der Waals surface area contributed by atoms with Gasteiger partial charge in [0.25, 0.3) is 0 Å². The zero-order valence-corrected chi connectivity index (χ0v) is 14.0. The van der Waals surface area contributed by atoms with E-state index in [1.54, 1.807) is 12.1 Å². The normalized spacial score (nSPS) is 13.4. The molecule has 2 aromatic carbocycles. The van der Waals surface area contributed by atoms with Crippen molar-refractivity contribution in [2.75, 3.05) is 7.11 Å². The Morgan fingerprint density at radius 1 is 1.16 bits per heavy atom. The van der Waals surface area contributed by atoms with Crippen molar-refractivity contribution in [2.24, 2.45) is 0 Å². The summed E-state index contributed by atoms with van der Waals surface area (Å²) in [7, 11) is 1.22. The van der Waals surface area contributed by atoms with E-state index in [9.17, 15) is 13.6 Å². The van der Waals surface area contributed by atoms with Gasteiger partial charge in [0.05, 0.1) is 7.11 Å². The molecule has 0 spiro atoms. The predicted octanol–water partition coefficient (Wildman–Crippen LogP) is 4.87. The van der Waals surface area contributed by atoms with Gasteiger partial charge < -0.3 is 14.2 Å². The number of carbonyl (C=O) groups excluding carboxylic acids is 1. The van der Waals surface area contributed by atoms with Gasteiger partial charge in [-0.1, -0.05) is 12.1 Å². The molecule has 0 heterocycles. The van der Waals surface area contributed by atoms with E-state index >= 15 is 0 Å². The van der Waals surface area contributed by atoms with Crippen LogP contribution in [-0.2, 0) is 11.3 Å². The lowest BCUT2D eigenvalue weighted by atomic mass is 10.0. The summed E-state index contributed by atoms with van der Waals surface area (Å²) in [6.45, 7) is 1.44. The minimum atomic E-state index is -0.846. The summed E-state index contributed by atoms with van der Waals surface area (Å²) in [5.74, 6) is -0.711. The van der Waals surface area contributed by atoms with Gasteiger partial charge in [-0.15, -0.1) is 0 Å². The first kappa shape index (κ1) is 17.2. The molecule has 0 atom stereocenters. The second kappa shape index (κ2) is 7.09. The number of aryl methyl sites for hydroxylation is 1. The van der Waals surface area contributed by atoms with E-state index in [2.05, 4.69) is 4.74 Å². The fourth-order valence-electron chi connectivity index (χ4n) is 2.63. The van der Waals surface area contributed by atoms with E-state index in [0.29, 0.717) is 17.2 Å². The lowest BCUT2D eigenvalue weighted by molar-refractivity contribution is 0.120. The lowest BCUT2D eigenvalue weighted by Crippen LogP contribution is -2.11. The Kier molecular flexibility index (Phi) is 4.88. The number of halogens is 2. The maximum absolute atomic E-state index is 14.0. The Morgan fingerprint density at radius 2 is 1.92 bits per heavy atom. The summed E-state index contributed by atoms with van der Waals surface area (Å²) in [6, 6.07) is 7.43. The largest absolute Gasteiger partial charge is 0.513 e. The van der Waals surface area contributed by atoms with Crippen LogP contribution in [0.5, 0.6) is 11.5 Å². The van der Waals surface area contributed by atoms with E-state index in [-0.39, 0.29) is 17.9 Å². The molecule has 0 unspecified atom stereocenters. The quantitative estimate of drug-likeness (QED) is 0.571. The van der Waals surface area contributed by atoms with Crippen LogP contribution in [0.3, 0.4) is 0 Å². The Hall–Kier alpha value is -2.63. The topological polar surface area (TPSA) is 44.8 Å². The van der Waals surface area contributed by atoms with Gasteiger partial charge in [0.2, 0.25) is 0 Å². The van der Waals surface area contributed by atoms with Crippen molar-refractivity contribution < 1.29 is 27.8 Å². The second-order valence-electron chi connectivity index (χ2n) is 5.97.